The van der Waals surface area contributed by atoms with E-state index in [1.165, 1.54) is 25.7 Å². The van der Waals surface area contributed by atoms with Crippen LogP contribution >= 0.6 is 0 Å². The van der Waals surface area contributed by atoms with Crippen molar-refractivity contribution in [3.8, 4) is 0 Å². The molecule has 0 amide bonds. The van der Waals surface area contributed by atoms with Gasteiger partial charge in [-0.2, -0.15) is 0 Å². The molecule has 0 fully saturated rings. The summed E-state index contributed by atoms with van der Waals surface area (Å²) in [6.45, 7) is 26.7. The molecule has 24 heavy (non-hydrogen) atoms. The summed E-state index contributed by atoms with van der Waals surface area (Å²) in [6.07, 6.45) is 5.21. The van der Waals surface area contributed by atoms with E-state index in [0.717, 1.165) is 11.8 Å². The first kappa shape index (κ1) is 24.0. The number of rotatable bonds is 11. The van der Waals surface area contributed by atoms with Gasteiger partial charge in [0.2, 0.25) is 0 Å². The Morgan fingerprint density at radius 1 is 0.750 bits per heavy atom. The smallest absolute Gasteiger partial charge is 0.0167 e. The molecule has 0 aromatic heterocycles. The number of hydrogen-bond acceptors (Lipinski definition) is 1. The van der Waals surface area contributed by atoms with Crippen LogP contribution in [0.5, 0.6) is 0 Å². The highest BCUT2D eigenvalue weighted by atomic mass is 14.9. The van der Waals surface area contributed by atoms with E-state index in [4.69, 9.17) is 0 Å². The summed E-state index contributed by atoms with van der Waals surface area (Å²) in [5.74, 6) is 2.31. The van der Waals surface area contributed by atoms with Gasteiger partial charge in [-0.15, -0.1) is 0 Å². The Balaban J connectivity index is 5.26. The Bertz CT molecular complexity index is 351. The van der Waals surface area contributed by atoms with Crippen LogP contribution in [0.15, 0.2) is 0 Å². The second-order valence-corrected chi connectivity index (χ2v) is 11.0. The van der Waals surface area contributed by atoms with Crippen LogP contribution in [0.25, 0.3) is 0 Å². The van der Waals surface area contributed by atoms with Gasteiger partial charge in [-0.3, -0.25) is 0 Å². The Morgan fingerprint density at radius 2 is 1.25 bits per heavy atom. The third kappa shape index (κ3) is 6.70. The topological polar surface area (TPSA) is 12.0 Å². The highest BCUT2D eigenvalue weighted by molar-refractivity contribution is 4.97. The molecule has 0 bridgehead atoms. The second kappa shape index (κ2) is 9.06. The first-order valence-electron chi connectivity index (χ1n) is 10.4. The maximum atomic E-state index is 3.72. The maximum absolute atomic E-state index is 3.72. The largest absolute Gasteiger partial charge is 0.316 e. The summed E-state index contributed by atoms with van der Waals surface area (Å²) < 4.78 is 0. The van der Waals surface area contributed by atoms with Crippen molar-refractivity contribution in [2.45, 2.75) is 108 Å². The van der Waals surface area contributed by atoms with E-state index in [0.29, 0.717) is 22.8 Å². The molecule has 0 aliphatic heterocycles. The van der Waals surface area contributed by atoms with Gasteiger partial charge in [0.1, 0.15) is 0 Å². The minimum atomic E-state index is 0.278. The van der Waals surface area contributed by atoms with Crippen molar-refractivity contribution in [1.29, 1.82) is 0 Å². The molecular weight excluding hydrogens is 290 g/mol. The van der Waals surface area contributed by atoms with Crippen molar-refractivity contribution in [2.24, 2.45) is 34.0 Å². The van der Waals surface area contributed by atoms with Gasteiger partial charge in [-0.05, 0) is 53.9 Å². The highest BCUT2D eigenvalue weighted by Gasteiger charge is 2.43. The van der Waals surface area contributed by atoms with Crippen LogP contribution in [0.1, 0.15) is 102 Å². The summed E-state index contributed by atoms with van der Waals surface area (Å²) in [5, 5.41) is 3.72. The Kier molecular flexibility index (Phi) is 9.04. The summed E-state index contributed by atoms with van der Waals surface area (Å²) in [4.78, 5) is 0. The zero-order valence-corrected chi connectivity index (χ0v) is 19.1. The van der Waals surface area contributed by atoms with Crippen molar-refractivity contribution in [3.05, 3.63) is 0 Å². The van der Waals surface area contributed by atoms with Crippen molar-refractivity contribution >= 4 is 0 Å². The van der Waals surface area contributed by atoms with E-state index >= 15 is 0 Å². The monoisotopic (exact) mass is 339 g/mol. The molecule has 0 heterocycles. The molecule has 1 N–H and O–H groups in total. The van der Waals surface area contributed by atoms with Crippen LogP contribution < -0.4 is 5.32 Å². The average molecular weight is 340 g/mol. The molecule has 3 atom stereocenters. The van der Waals surface area contributed by atoms with Gasteiger partial charge >= 0.3 is 0 Å². The van der Waals surface area contributed by atoms with E-state index < -0.39 is 0 Å². The van der Waals surface area contributed by atoms with E-state index in [1.54, 1.807) is 0 Å². The van der Waals surface area contributed by atoms with Gasteiger partial charge in [0.25, 0.3) is 0 Å². The normalized spacial score (nSPS) is 17.9. The van der Waals surface area contributed by atoms with Crippen LogP contribution in [-0.2, 0) is 0 Å². The van der Waals surface area contributed by atoms with Crippen LogP contribution in [-0.4, -0.2) is 13.1 Å². The van der Waals surface area contributed by atoms with Gasteiger partial charge in [0, 0.05) is 6.04 Å². The molecular formula is C23H49N. The molecule has 1 nitrogen and oxygen atoms in total. The molecule has 0 aliphatic carbocycles. The fraction of sp³-hybridized carbons (Fsp3) is 1.00. The molecule has 0 radical (unpaired) electrons. The molecule has 0 rings (SSSR count). The molecule has 146 valence electrons. The van der Waals surface area contributed by atoms with Crippen molar-refractivity contribution in [2.75, 3.05) is 7.05 Å². The summed E-state index contributed by atoms with van der Waals surface area (Å²) >= 11 is 0. The Morgan fingerprint density at radius 3 is 1.62 bits per heavy atom. The summed E-state index contributed by atoms with van der Waals surface area (Å²) in [6, 6.07) is 0.527. The van der Waals surface area contributed by atoms with Crippen molar-refractivity contribution in [3.63, 3.8) is 0 Å². The Labute approximate surface area is 154 Å². The second-order valence-electron chi connectivity index (χ2n) is 11.0. The molecule has 3 unspecified atom stereocenters. The lowest BCUT2D eigenvalue weighted by Crippen LogP contribution is -2.52. The van der Waals surface area contributed by atoms with E-state index in [-0.39, 0.29) is 5.41 Å². The quantitative estimate of drug-likeness (QED) is 0.421. The number of nitrogens with one attached hydrogen (secondary N) is 1. The molecule has 1 heteroatoms. The van der Waals surface area contributed by atoms with Crippen molar-refractivity contribution in [1.82, 2.24) is 5.32 Å². The lowest BCUT2D eigenvalue weighted by atomic mass is 9.60. The zero-order chi connectivity index (χ0) is 19.3. The first-order chi connectivity index (χ1) is 10.7. The average Bonchev–Trinajstić information content (AvgIpc) is 2.36. The Hall–Kier alpha value is -0.0400. The van der Waals surface area contributed by atoms with Gasteiger partial charge in [-0.25, -0.2) is 0 Å². The summed E-state index contributed by atoms with van der Waals surface area (Å²) in [7, 11) is 2.16. The van der Waals surface area contributed by atoms with Crippen molar-refractivity contribution < 1.29 is 0 Å². The lowest BCUT2D eigenvalue weighted by Gasteiger charge is -2.49. The minimum absolute atomic E-state index is 0.278. The lowest BCUT2D eigenvalue weighted by molar-refractivity contribution is 0.0374. The van der Waals surface area contributed by atoms with Gasteiger partial charge < -0.3 is 5.32 Å². The molecule has 0 saturated carbocycles. The van der Waals surface area contributed by atoms with E-state index in [1.807, 2.05) is 0 Å². The molecule has 0 aliphatic rings. The number of hydrogen-bond donors (Lipinski definition) is 1. The molecule has 0 spiro atoms. The molecule has 0 aromatic carbocycles. The summed E-state index contributed by atoms with van der Waals surface area (Å²) in [5.41, 5.74) is 0.947. The minimum Gasteiger partial charge on any atom is -0.316 e. The SMILES string of the molecule is CCCC(C)C(C)CC(C)(C)C(NC)C(C)(C)CC(C)(C)C(C)C. The fourth-order valence-electron chi connectivity index (χ4n) is 5.21. The van der Waals surface area contributed by atoms with Gasteiger partial charge in [-0.1, -0.05) is 89.0 Å². The standard InChI is InChI=1S/C23H49N/c1-13-14-18(4)19(5)15-21(6,7)20(24-12)23(10,11)16-22(8,9)17(2)3/h17-20,24H,13-16H2,1-12H3. The zero-order valence-electron chi connectivity index (χ0n) is 19.1. The first-order valence-corrected chi connectivity index (χ1v) is 10.4. The van der Waals surface area contributed by atoms with Crippen LogP contribution in [0.2, 0.25) is 0 Å². The molecule has 0 aromatic rings. The van der Waals surface area contributed by atoms with Crippen LogP contribution in [0, 0.1) is 34.0 Å². The predicted octanol–water partition coefficient (Wildman–Crippen LogP) is 7.16. The van der Waals surface area contributed by atoms with Gasteiger partial charge in [0.15, 0.2) is 0 Å². The van der Waals surface area contributed by atoms with Gasteiger partial charge in [0.05, 0.1) is 0 Å². The third-order valence-corrected chi connectivity index (χ3v) is 6.89. The predicted molar refractivity (Wildman–Crippen MR) is 111 cm³/mol. The molecule has 0 saturated heterocycles. The van der Waals surface area contributed by atoms with E-state index in [9.17, 15) is 0 Å². The third-order valence-electron chi connectivity index (χ3n) is 6.89. The fourth-order valence-corrected chi connectivity index (χ4v) is 5.21. The van der Waals surface area contributed by atoms with E-state index in [2.05, 4.69) is 88.5 Å². The highest BCUT2D eigenvalue weighted by Crippen LogP contribution is 2.47. The van der Waals surface area contributed by atoms with Crippen LogP contribution in [0.3, 0.4) is 0 Å². The maximum Gasteiger partial charge on any atom is 0.0167 e. The van der Waals surface area contributed by atoms with Crippen LogP contribution in [0.4, 0.5) is 0 Å².